The van der Waals surface area contributed by atoms with Crippen molar-refractivity contribution in [1.82, 2.24) is 25.0 Å². The summed E-state index contributed by atoms with van der Waals surface area (Å²) in [4.78, 5) is 21.7. The van der Waals surface area contributed by atoms with E-state index < -0.39 is 5.60 Å². The van der Waals surface area contributed by atoms with Crippen LogP contribution in [0.5, 0.6) is 5.75 Å². The van der Waals surface area contributed by atoms with Gasteiger partial charge in [0.15, 0.2) is 5.65 Å². The topological polar surface area (TPSA) is 94.6 Å². The van der Waals surface area contributed by atoms with Gasteiger partial charge < -0.3 is 14.8 Å². The van der Waals surface area contributed by atoms with Crippen molar-refractivity contribution < 1.29 is 19.1 Å². The molecular formula is C32H45N6O3+. The van der Waals surface area contributed by atoms with Gasteiger partial charge in [-0.05, 0) is 77.4 Å². The van der Waals surface area contributed by atoms with Crippen molar-refractivity contribution in [3.05, 3.63) is 41.6 Å². The van der Waals surface area contributed by atoms with Crippen LogP contribution in [0.15, 0.2) is 30.3 Å². The minimum atomic E-state index is -0.448. The van der Waals surface area contributed by atoms with Crippen LogP contribution in [0, 0.1) is 0 Å². The van der Waals surface area contributed by atoms with Crippen LogP contribution in [-0.4, -0.2) is 98.1 Å². The van der Waals surface area contributed by atoms with E-state index in [0.29, 0.717) is 27.8 Å². The summed E-state index contributed by atoms with van der Waals surface area (Å²) in [7, 11) is 2.03. The summed E-state index contributed by atoms with van der Waals surface area (Å²) in [6.45, 7) is 13.1. The van der Waals surface area contributed by atoms with Gasteiger partial charge in [0.25, 0.3) is 0 Å². The van der Waals surface area contributed by atoms with Crippen LogP contribution in [0.4, 0.5) is 4.79 Å². The number of rotatable bonds is 3. The molecule has 5 heterocycles. The number of carbonyl (C=O) groups excluding carboxylic acids is 1. The first-order valence-corrected chi connectivity index (χ1v) is 15.3. The van der Waals surface area contributed by atoms with Gasteiger partial charge in [-0.2, -0.15) is 4.79 Å². The molecule has 0 aliphatic carbocycles. The van der Waals surface area contributed by atoms with Crippen molar-refractivity contribution >= 4 is 17.1 Å². The normalized spacial score (nSPS) is 26.7. The minimum absolute atomic E-state index is 0.0935. The smallest absolute Gasteiger partial charge is 0.507 e. The molecule has 2 fully saturated rings. The third-order valence-electron chi connectivity index (χ3n) is 9.62. The Morgan fingerprint density at radius 3 is 2.44 bits per heavy atom. The molecule has 1 atom stereocenters. The summed E-state index contributed by atoms with van der Waals surface area (Å²) in [5, 5.41) is 20.4. The first-order chi connectivity index (χ1) is 19.5. The van der Waals surface area contributed by atoms with Gasteiger partial charge in [-0.25, -0.2) is 4.48 Å². The fourth-order valence-corrected chi connectivity index (χ4v) is 7.28. The number of aromatic amines is 1. The number of benzene rings is 1. The minimum Gasteiger partial charge on any atom is -0.507 e. The number of para-hydroxylation sites is 1. The predicted octanol–water partition coefficient (Wildman–Crippen LogP) is 5.26. The largest absolute Gasteiger partial charge is 0.516 e. The van der Waals surface area contributed by atoms with Gasteiger partial charge in [0.2, 0.25) is 0 Å². The Hall–Kier alpha value is -3.01. The quantitative estimate of drug-likeness (QED) is 0.422. The second-order valence-corrected chi connectivity index (χ2v) is 13.5. The number of nitrogens with zero attached hydrogens (tertiary/aromatic N) is 5. The molecular weight excluding hydrogens is 516 g/mol. The van der Waals surface area contributed by atoms with E-state index in [9.17, 15) is 9.90 Å². The third kappa shape index (κ3) is 5.47. The maximum Gasteiger partial charge on any atom is 0.516 e. The van der Waals surface area contributed by atoms with Gasteiger partial charge >= 0.3 is 6.09 Å². The second kappa shape index (κ2) is 10.7. The van der Waals surface area contributed by atoms with Crippen molar-refractivity contribution in [3.8, 4) is 17.0 Å². The highest BCUT2D eigenvalue weighted by Crippen LogP contribution is 2.39. The highest BCUT2D eigenvalue weighted by Gasteiger charge is 2.43. The molecule has 1 amide bonds. The molecule has 220 valence electrons. The molecule has 0 spiro atoms. The SMILES string of the molecule is C[C@@H]1c2c([nH]c3nnc(-c4ccccc4O)cc23)CCN1C1CCN(C2CC[N+](C)(C(=O)OC(C)(C)C)CC2)CC1. The number of hydrogen-bond donors (Lipinski definition) is 2. The Bertz CT molecular complexity index is 1410. The zero-order chi connectivity index (χ0) is 28.9. The number of carbonyl (C=O) groups is 1. The van der Waals surface area contributed by atoms with Gasteiger partial charge in [-0.15, -0.1) is 10.2 Å². The lowest BCUT2D eigenvalue weighted by Crippen LogP contribution is -2.59. The fourth-order valence-electron chi connectivity index (χ4n) is 7.28. The first-order valence-electron chi connectivity index (χ1n) is 15.3. The molecule has 0 unspecified atom stereocenters. The molecule has 6 rings (SSSR count). The Balaban J connectivity index is 1.10. The zero-order valence-corrected chi connectivity index (χ0v) is 25.2. The summed E-state index contributed by atoms with van der Waals surface area (Å²) < 4.78 is 6.11. The average Bonchev–Trinajstić information content (AvgIpc) is 3.32. The monoisotopic (exact) mass is 561 g/mol. The van der Waals surface area contributed by atoms with Crippen LogP contribution < -0.4 is 0 Å². The Morgan fingerprint density at radius 2 is 1.76 bits per heavy atom. The number of piperidine rings is 2. The van der Waals surface area contributed by atoms with Crippen LogP contribution >= 0.6 is 0 Å². The maximum absolute atomic E-state index is 12.8. The van der Waals surface area contributed by atoms with Crippen LogP contribution in [0.3, 0.4) is 0 Å². The highest BCUT2D eigenvalue weighted by atomic mass is 16.6. The van der Waals surface area contributed by atoms with E-state index in [4.69, 9.17) is 4.74 Å². The molecule has 3 aliphatic heterocycles. The van der Waals surface area contributed by atoms with E-state index in [0.717, 1.165) is 63.0 Å². The maximum atomic E-state index is 12.8. The lowest BCUT2D eigenvalue weighted by atomic mass is 9.91. The number of fused-ring (bicyclic) bond motifs is 3. The number of H-pyrrole nitrogens is 1. The molecule has 3 aromatic rings. The predicted molar refractivity (Wildman–Crippen MR) is 160 cm³/mol. The number of phenolic OH excluding ortho intramolecular Hbond substituents is 1. The summed E-state index contributed by atoms with van der Waals surface area (Å²) in [6.07, 6.45) is 5.30. The summed E-state index contributed by atoms with van der Waals surface area (Å²) in [6, 6.07) is 10.8. The van der Waals surface area contributed by atoms with E-state index in [1.807, 2.05) is 46.0 Å². The summed E-state index contributed by atoms with van der Waals surface area (Å²) >= 11 is 0. The molecule has 0 saturated carbocycles. The Kier molecular flexibility index (Phi) is 7.32. The van der Waals surface area contributed by atoms with Gasteiger partial charge in [0.1, 0.15) is 11.4 Å². The molecule has 3 aliphatic rings. The standard InChI is InChI=1S/C32H44N6O3/c1-21-29-25-20-27(24-8-6-7-9-28(24)39)34-35-30(25)33-26(29)12-17-37(21)23-10-15-36(16-11-23)22-13-18-38(5,19-14-22)31(40)41-32(2,3)4/h6-9,20-23H,10-19H2,1-5H3,(H-,33,34,35,39)/p+1/t21-,22?,38?/m1/s1. The number of amides is 1. The number of ether oxygens (including phenoxy) is 1. The second-order valence-electron chi connectivity index (χ2n) is 13.5. The van der Waals surface area contributed by atoms with E-state index in [1.54, 1.807) is 6.07 Å². The van der Waals surface area contributed by atoms with Crippen LogP contribution in [-0.2, 0) is 11.2 Å². The summed E-state index contributed by atoms with van der Waals surface area (Å²) in [5.74, 6) is 0.221. The molecule has 0 bridgehead atoms. The number of aromatic hydroxyl groups is 1. The highest BCUT2D eigenvalue weighted by molar-refractivity contribution is 5.86. The van der Waals surface area contributed by atoms with Gasteiger partial charge in [0.05, 0.1) is 25.8 Å². The first kappa shape index (κ1) is 28.1. The van der Waals surface area contributed by atoms with Gasteiger partial charge in [-0.3, -0.25) is 9.80 Å². The number of hydrogen-bond acceptors (Lipinski definition) is 7. The van der Waals surface area contributed by atoms with Crippen LogP contribution in [0.2, 0.25) is 0 Å². The Labute approximate surface area is 243 Å². The van der Waals surface area contributed by atoms with Crippen molar-refractivity contribution in [2.45, 2.75) is 83.5 Å². The molecule has 0 radical (unpaired) electrons. The molecule has 41 heavy (non-hydrogen) atoms. The van der Waals surface area contributed by atoms with Gasteiger partial charge in [0, 0.05) is 60.6 Å². The van der Waals surface area contributed by atoms with E-state index in [-0.39, 0.29) is 17.9 Å². The van der Waals surface area contributed by atoms with Crippen LogP contribution in [0.1, 0.15) is 70.7 Å². The molecule has 2 saturated heterocycles. The molecule has 1 aromatic carbocycles. The third-order valence-corrected chi connectivity index (χ3v) is 9.62. The number of quaternary nitrogens is 1. The lowest BCUT2D eigenvalue weighted by molar-refractivity contribution is -0.844. The average molecular weight is 562 g/mol. The number of aromatic nitrogens is 3. The van der Waals surface area contributed by atoms with Crippen molar-refractivity contribution in [1.29, 1.82) is 0 Å². The fraction of sp³-hybridized carbons (Fsp3) is 0.594. The van der Waals surface area contributed by atoms with Gasteiger partial charge in [-0.1, -0.05) is 12.1 Å². The lowest BCUT2D eigenvalue weighted by Gasteiger charge is -2.47. The number of likely N-dealkylation sites (tertiary alicyclic amines) is 2. The van der Waals surface area contributed by atoms with Crippen molar-refractivity contribution in [2.24, 2.45) is 0 Å². The molecule has 2 aromatic heterocycles. The zero-order valence-electron chi connectivity index (χ0n) is 25.2. The number of phenols is 1. The van der Waals surface area contributed by atoms with E-state index in [2.05, 4.69) is 38.0 Å². The van der Waals surface area contributed by atoms with Crippen LogP contribution in [0.25, 0.3) is 22.3 Å². The molecule has 9 heteroatoms. The van der Waals surface area contributed by atoms with E-state index in [1.165, 1.54) is 24.1 Å². The Morgan fingerprint density at radius 1 is 1.05 bits per heavy atom. The van der Waals surface area contributed by atoms with Crippen molar-refractivity contribution in [3.63, 3.8) is 0 Å². The number of nitrogens with one attached hydrogen (secondary N) is 1. The molecule has 9 nitrogen and oxygen atoms in total. The molecule has 2 N–H and O–H groups in total. The van der Waals surface area contributed by atoms with Crippen molar-refractivity contribution in [2.75, 3.05) is 39.8 Å². The summed E-state index contributed by atoms with van der Waals surface area (Å²) in [5.41, 5.74) is 4.37. The van der Waals surface area contributed by atoms with E-state index >= 15 is 0 Å².